The molecule has 3 rings (SSSR count). The van der Waals surface area contributed by atoms with Gasteiger partial charge in [-0.25, -0.2) is 4.98 Å². The van der Waals surface area contributed by atoms with Gasteiger partial charge in [-0.15, -0.1) is 0 Å². The SMILES string of the molecule is COc1cc(Cc2cnc(NCc3ccc(Cl)cc3)nc2N)cc(OC)c1OC. The maximum absolute atomic E-state index is 6.16. The molecule has 29 heavy (non-hydrogen) atoms. The Balaban J connectivity index is 1.74. The lowest BCUT2D eigenvalue weighted by molar-refractivity contribution is 0.324. The van der Waals surface area contributed by atoms with Gasteiger partial charge in [-0.3, -0.25) is 0 Å². The number of ether oxygens (including phenoxy) is 3. The second-order valence-corrected chi connectivity index (χ2v) is 6.73. The van der Waals surface area contributed by atoms with E-state index in [1.807, 2.05) is 36.4 Å². The number of aromatic nitrogens is 2. The van der Waals surface area contributed by atoms with Gasteiger partial charge in [0.15, 0.2) is 11.5 Å². The average molecular weight is 415 g/mol. The summed E-state index contributed by atoms with van der Waals surface area (Å²) in [6, 6.07) is 11.3. The second-order valence-electron chi connectivity index (χ2n) is 6.29. The normalized spacial score (nSPS) is 10.5. The lowest BCUT2D eigenvalue weighted by Gasteiger charge is -2.14. The predicted molar refractivity (Wildman–Crippen MR) is 114 cm³/mol. The van der Waals surface area contributed by atoms with Crippen molar-refractivity contribution >= 4 is 23.4 Å². The van der Waals surface area contributed by atoms with Crippen LogP contribution in [0.5, 0.6) is 17.2 Å². The van der Waals surface area contributed by atoms with Crippen molar-refractivity contribution in [1.29, 1.82) is 0 Å². The average Bonchev–Trinajstić information content (AvgIpc) is 2.74. The Kier molecular flexibility index (Phi) is 6.61. The second kappa shape index (κ2) is 9.34. The molecule has 0 aliphatic carbocycles. The summed E-state index contributed by atoms with van der Waals surface area (Å²) in [5.41, 5.74) is 8.97. The number of anilines is 2. The van der Waals surface area contributed by atoms with Gasteiger partial charge in [0.25, 0.3) is 0 Å². The lowest BCUT2D eigenvalue weighted by Crippen LogP contribution is -2.07. The Morgan fingerprint density at radius 2 is 1.62 bits per heavy atom. The molecule has 152 valence electrons. The number of hydrogen-bond acceptors (Lipinski definition) is 7. The minimum atomic E-state index is 0.410. The third kappa shape index (κ3) is 5.00. The summed E-state index contributed by atoms with van der Waals surface area (Å²) < 4.78 is 16.2. The number of benzene rings is 2. The maximum Gasteiger partial charge on any atom is 0.224 e. The van der Waals surface area contributed by atoms with Crippen molar-refractivity contribution in [3.63, 3.8) is 0 Å². The van der Waals surface area contributed by atoms with Gasteiger partial charge in [-0.1, -0.05) is 23.7 Å². The van der Waals surface area contributed by atoms with E-state index in [2.05, 4.69) is 15.3 Å². The fourth-order valence-electron chi connectivity index (χ4n) is 2.88. The summed E-state index contributed by atoms with van der Waals surface area (Å²) in [6.45, 7) is 0.572. The molecule has 0 unspecified atom stereocenters. The first kappa shape index (κ1) is 20.5. The van der Waals surface area contributed by atoms with E-state index in [9.17, 15) is 0 Å². The van der Waals surface area contributed by atoms with Crippen LogP contribution in [0, 0.1) is 0 Å². The summed E-state index contributed by atoms with van der Waals surface area (Å²) in [5.74, 6) is 2.59. The zero-order valence-corrected chi connectivity index (χ0v) is 17.3. The van der Waals surface area contributed by atoms with Gasteiger partial charge in [0.05, 0.1) is 21.3 Å². The summed E-state index contributed by atoms with van der Waals surface area (Å²) in [4.78, 5) is 8.73. The Morgan fingerprint density at radius 3 is 2.17 bits per heavy atom. The van der Waals surface area contributed by atoms with Gasteiger partial charge in [-0.2, -0.15) is 4.98 Å². The van der Waals surface area contributed by atoms with Gasteiger partial charge in [0.1, 0.15) is 5.82 Å². The number of methoxy groups -OCH3 is 3. The fraction of sp³-hybridized carbons (Fsp3) is 0.238. The monoisotopic (exact) mass is 414 g/mol. The van der Waals surface area contributed by atoms with Crippen LogP contribution in [0.4, 0.5) is 11.8 Å². The first-order valence-corrected chi connectivity index (χ1v) is 9.30. The molecular weight excluding hydrogens is 392 g/mol. The molecule has 0 radical (unpaired) electrons. The number of nitrogens with two attached hydrogens (primary N) is 1. The fourth-order valence-corrected chi connectivity index (χ4v) is 3.01. The van der Waals surface area contributed by atoms with Crippen LogP contribution in [0.15, 0.2) is 42.6 Å². The van der Waals surface area contributed by atoms with E-state index in [1.165, 1.54) is 0 Å². The van der Waals surface area contributed by atoms with E-state index in [0.717, 1.165) is 16.7 Å². The minimum absolute atomic E-state index is 0.410. The predicted octanol–water partition coefficient (Wildman–Crippen LogP) is 3.94. The summed E-state index contributed by atoms with van der Waals surface area (Å²) in [5, 5.41) is 3.86. The van der Waals surface area contributed by atoms with Gasteiger partial charge < -0.3 is 25.3 Å². The van der Waals surface area contributed by atoms with Crippen LogP contribution in [0.1, 0.15) is 16.7 Å². The van der Waals surface area contributed by atoms with E-state index in [-0.39, 0.29) is 0 Å². The van der Waals surface area contributed by atoms with Crippen molar-refractivity contribution in [3.8, 4) is 17.2 Å². The maximum atomic E-state index is 6.16. The van der Waals surface area contributed by atoms with E-state index >= 15 is 0 Å². The third-order valence-corrected chi connectivity index (χ3v) is 4.63. The number of nitrogens with one attached hydrogen (secondary N) is 1. The number of halogens is 1. The standard InChI is InChI=1S/C21H23ClN4O3/c1-27-17-9-14(10-18(28-2)19(17)29-3)8-15-12-25-21(26-20(15)23)24-11-13-4-6-16(22)7-5-13/h4-7,9-10,12H,8,11H2,1-3H3,(H3,23,24,25,26). The molecule has 0 saturated carbocycles. The summed E-state index contributed by atoms with van der Waals surface area (Å²) in [6.07, 6.45) is 2.25. The van der Waals surface area contributed by atoms with Crippen LogP contribution < -0.4 is 25.3 Å². The highest BCUT2D eigenvalue weighted by Crippen LogP contribution is 2.38. The number of rotatable bonds is 8. The molecule has 0 aliphatic rings. The topological polar surface area (TPSA) is 91.5 Å². The largest absolute Gasteiger partial charge is 0.493 e. The van der Waals surface area contributed by atoms with E-state index in [4.69, 9.17) is 31.5 Å². The van der Waals surface area contributed by atoms with Crippen LogP contribution >= 0.6 is 11.6 Å². The minimum Gasteiger partial charge on any atom is -0.493 e. The molecular formula is C21H23ClN4O3. The molecule has 0 bridgehead atoms. The highest BCUT2D eigenvalue weighted by Gasteiger charge is 2.14. The molecule has 3 aromatic rings. The summed E-state index contributed by atoms with van der Waals surface area (Å²) in [7, 11) is 4.74. The Bertz CT molecular complexity index is 955. The van der Waals surface area contributed by atoms with Crippen LogP contribution in [0.3, 0.4) is 0 Å². The van der Waals surface area contributed by atoms with Crippen LogP contribution in [0.2, 0.25) is 5.02 Å². The molecule has 7 nitrogen and oxygen atoms in total. The van der Waals surface area contributed by atoms with Crippen molar-refractivity contribution < 1.29 is 14.2 Å². The first-order chi connectivity index (χ1) is 14.0. The number of nitrogen functional groups attached to an aromatic ring is 1. The highest BCUT2D eigenvalue weighted by atomic mass is 35.5. The molecule has 1 heterocycles. The molecule has 0 atom stereocenters. The smallest absolute Gasteiger partial charge is 0.224 e. The Labute approximate surface area is 174 Å². The lowest BCUT2D eigenvalue weighted by atomic mass is 10.1. The molecule has 0 spiro atoms. The van der Waals surface area contributed by atoms with Crippen LogP contribution in [0.25, 0.3) is 0 Å². The van der Waals surface area contributed by atoms with E-state index in [0.29, 0.717) is 47.0 Å². The molecule has 0 amide bonds. The Morgan fingerprint density at radius 1 is 0.966 bits per heavy atom. The highest BCUT2D eigenvalue weighted by molar-refractivity contribution is 6.30. The van der Waals surface area contributed by atoms with Gasteiger partial charge >= 0.3 is 0 Å². The Hall–Kier alpha value is -3.19. The van der Waals surface area contributed by atoms with Gasteiger partial charge in [-0.05, 0) is 35.4 Å². The zero-order valence-electron chi connectivity index (χ0n) is 16.5. The van der Waals surface area contributed by atoms with Crippen molar-refractivity contribution in [2.24, 2.45) is 0 Å². The third-order valence-electron chi connectivity index (χ3n) is 4.38. The molecule has 8 heteroatoms. The van der Waals surface area contributed by atoms with Crippen LogP contribution in [-0.2, 0) is 13.0 Å². The van der Waals surface area contributed by atoms with Gasteiger partial charge in [0, 0.05) is 29.7 Å². The summed E-state index contributed by atoms with van der Waals surface area (Å²) >= 11 is 5.90. The van der Waals surface area contributed by atoms with E-state index in [1.54, 1.807) is 27.5 Å². The van der Waals surface area contributed by atoms with Gasteiger partial charge in [0.2, 0.25) is 11.7 Å². The van der Waals surface area contributed by atoms with Crippen molar-refractivity contribution in [3.05, 3.63) is 64.3 Å². The zero-order chi connectivity index (χ0) is 20.8. The first-order valence-electron chi connectivity index (χ1n) is 8.92. The van der Waals surface area contributed by atoms with Crippen molar-refractivity contribution in [1.82, 2.24) is 9.97 Å². The molecule has 0 aliphatic heterocycles. The van der Waals surface area contributed by atoms with Crippen molar-refractivity contribution in [2.75, 3.05) is 32.4 Å². The molecule has 3 N–H and O–H groups in total. The number of nitrogens with zero attached hydrogens (tertiary/aromatic N) is 2. The van der Waals surface area contributed by atoms with E-state index < -0.39 is 0 Å². The molecule has 1 aromatic heterocycles. The molecule has 0 saturated heterocycles. The quantitative estimate of drug-likeness (QED) is 0.576. The number of hydrogen-bond donors (Lipinski definition) is 2. The molecule has 2 aromatic carbocycles. The molecule has 0 fully saturated rings. The van der Waals surface area contributed by atoms with Crippen LogP contribution in [-0.4, -0.2) is 31.3 Å². The van der Waals surface area contributed by atoms with Crippen molar-refractivity contribution in [2.45, 2.75) is 13.0 Å².